The molecular formula is C18H19N3O6S. The van der Waals surface area contributed by atoms with Gasteiger partial charge in [-0.05, 0) is 55.7 Å². The van der Waals surface area contributed by atoms with E-state index in [1.165, 1.54) is 12.1 Å². The third-order valence-electron chi connectivity index (χ3n) is 4.78. The van der Waals surface area contributed by atoms with E-state index in [9.17, 15) is 29.6 Å². The van der Waals surface area contributed by atoms with Crippen molar-refractivity contribution in [2.45, 2.75) is 32.2 Å². The highest BCUT2D eigenvalue weighted by Gasteiger charge is 2.38. The van der Waals surface area contributed by atoms with Crippen LogP contribution in [0.1, 0.15) is 31.7 Å². The molecule has 28 heavy (non-hydrogen) atoms. The first-order valence-corrected chi connectivity index (χ1v) is 9.62. The topological polar surface area (TPSA) is 121 Å². The number of hydrogen-bond donors (Lipinski definition) is 1. The van der Waals surface area contributed by atoms with Crippen LogP contribution in [0, 0.1) is 10.1 Å². The molecule has 0 bridgehead atoms. The van der Waals surface area contributed by atoms with Gasteiger partial charge in [0.15, 0.2) is 5.75 Å². The fourth-order valence-electron chi connectivity index (χ4n) is 3.26. The van der Waals surface area contributed by atoms with E-state index >= 15 is 0 Å². The van der Waals surface area contributed by atoms with Gasteiger partial charge < -0.3 is 10.0 Å². The van der Waals surface area contributed by atoms with Gasteiger partial charge in [-0.1, -0.05) is 6.07 Å². The average Bonchev–Trinajstić information content (AvgIpc) is 2.90. The number of carbonyl (C=O) groups excluding carboxylic acids is 3. The second-order valence-electron chi connectivity index (χ2n) is 6.71. The summed E-state index contributed by atoms with van der Waals surface area (Å²) >= 11 is 0.680. The summed E-state index contributed by atoms with van der Waals surface area (Å²) in [6, 6.07) is 3.74. The number of aromatic hydroxyl groups is 1. The maximum Gasteiger partial charge on any atom is 0.311 e. The Kier molecular flexibility index (Phi) is 5.68. The second-order valence-corrected chi connectivity index (χ2v) is 7.70. The number of phenolic OH excluding ortho intramolecular Hbond substituents is 1. The molecule has 0 aliphatic carbocycles. The first-order valence-electron chi connectivity index (χ1n) is 8.80. The van der Waals surface area contributed by atoms with Crippen LogP contribution in [0.2, 0.25) is 0 Å². The number of nitro groups is 1. The Hall–Kier alpha value is -2.88. The molecule has 0 unspecified atom stereocenters. The number of thioether (sulfide) groups is 1. The summed E-state index contributed by atoms with van der Waals surface area (Å²) in [6.45, 7) is 2.24. The molecule has 148 valence electrons. The first kappa shape index (κ1) is 19.9. The molecule has 0 spiro atoms. The van der Waals surface area contributed by atoms with E-state index in [4.69, 9.17) is 0 Å². The molecule has 1 N–H and O–H groups in total. The van der Waals surface area contributed by atoms with Crippen molar-refractivity contribution in [2.75, 3.05) is 13.1 Å². The van der Waals surface area contributed by atoms with Gasteiger partial charge in [0.25, 0.3) is 11.1 Å². The lowest BCUT2D eigenvalue weighted by molar-refractivity contribution is -0.385. The number of benzene rings is 1. The van der Waals surface area contributed by atoms with Crippen LogP contribution >= 0.6 is 11.8 Å². The van der Waals surface area contributed by atoms with Crippen LogP contribution in [0.3, 0.4) is 0 Å². The molecule has 10 heteroatoms. The molecule has 2 aliphatic heterocycles. The smallest absolute Gasteiger partial charge is 0.311 e. The highest BCUT2D eigenvalue weighted by atomic mass is 32.2. The molecule has 1 aromatic rings. The Bertz CT molecular complexity index is 884. The summed E-state index contributed by atoms with van der Waals surface area (Å²) in [5, 5.41) is 19.9. The van der Waals surface area contributed by atoms with E-state index in [2.05, 4.69) is 0 Å². The maximum absolute atomic E-state index is 12.6. The molecule has 1 aromatic carbocycles. The van der Waals surface area contributed by atoms with Crippen LogP contribution in [-0.4, -0.2) is 56.0 Å². The number of piperidine rings is 1. The van der Waals surface area contributed by atoms with Gasteiger partial charge in [0.05, 0.1) is 9.83 Å². The number of nitrogens with zero attached hydrogens (tertiary/aromatic N) is 3. The summed E-state index contributed by atoms with van der Waals surface area (Å²) in [6.07, 6.45) is 4.18. The van der Waals surface area contributed by atoms with E-state index in [-0.39, 0.29) is 23.4 Å². The van der Waals surface area contributed by atoms with Gasteiger partial charge in [0.1, 0.15) is 6.54 Å². The van der Waals surface area contributed by atoms with E-state index in [0.717, 1.165) is 36.3 Å². The molecule has 1 atom stereocenters. The van der Waals surface area contributed by atoms with Gasteiger partial charge in [0.2, 0.25) is 5.91 Å². The zero-order valence-electron chi connectivity index (χ0n) is 15.2. The van der Waals surface area contributed by atoms with E-state index in [1.807, 2.05) is 6.92 Å². The minimum atomic E-state index is -0.739. The lowest BCUT2D eigenvalue weighted by Gasteiger charge is -2.34. The van der Waals surface area contributed by atoms with Crippen molar-refractivity contribution in [2.24, 2.45) is 0 Å². The van der Waals surface area contributed by atoms with Crippen LogP contribution in [0.25, 0.3) is 6.08 Å². The number of rotatable bonds is 4. The van der Waals surface area contributed by atoms with Gasteiger partial charge in [0, 0.05) is 18.7 Å². The van der Waals surface area contributed by atoms with Crippen LogP contribution in [0.15, 0.2) is 23.1 Å². The average molecular weight is 405 g/mol. The van der Waals surface area contributed by atoms with Gasteiger partial charge in [-0.25, -0.2) is 0 Å². The Morgan fingerprint density at radius 2 is 2.14 bits per heavy atom. The molecule has 3 rings (SSSR count). The number of carbonyl (C=O) groups is 3. The number of phenols is 1. The molecule has 2 heterocycles. The fourth-order valence-corrected chi connectivity index (χ4v) is 4.10. The molecule has 2 fully saturated rings. The zero-order chi connectivity index (χ0) is 20.4. The Balaban J connectivity index is 1.76. The number of likely N-dealkylation sites (tertiary alicyclic amines) is 1. The summed E-state index contributed by atoms with van der Waals surface area (Å²) in [5.74, 6) is -1.36. The lowest BCUT2D eigenvalue weighted by Crippen LogP contribution is -2.47. The van der Waals surface area contributed by atoms with Crippen molar-refractivity contribution >= 4 is 40.6 Å². The monoisotopic (exact) mass is 405 g/mol. The summed E-state index contributed by atoms with van der Waals surface area (Å²) in [7, 11) is 0. The number of amides is 3. The van der Waals surface area contributed by atoms with Gasteiger partial charge in [-0.2, -0.15) is 0 Å². The lowest BCUT2D eigenvalue weighted by atomic mass is 10.0. The SMILES string of the molecule is C[C@H]1CCCCN1C(=O)CN1C(=O)S/C(=C\c2ccc(O)c([N+](=O)[O-])c2)C1=O. The molecule has 0 saturated carbocycles. The summed E-state index contributed by atoms with van der Waals surface area (Å²) in [4.78, 5) is 50.2. The molecule has 9 nitrogen and oxygen atoms in total. The molecule has 3 amide bonds. The standard InChI is InChI=1S/C18H19N3O6S/c1-11-4-2-3-7-19(11)16(23)10-20-17(24)15(28-18(20)25)9-12-5-6-14(22)13(8-12)21(26)27/h5-6,8-9,11,22H,2-4,7,10H2,1H3/b15-9-/t11-/m0/s1. The third-order valence-corrected chi connectivity index (χ3v) is 5.69. The molecule has 0 aromatic heterocycles. The van der Waals surface area contributed by atoms with Crippen molar-refractivity contribution < 1.29 is 24.4 Å². The highest BCUT2D eigenvalue weighted by molar-refractivity contribution is 8.18. The van der Waals surface area contributed by atoms with Crippen LogP contribution in [0.4, 0.5) is 10.5 Å². The fraction of sp³-hybridized carbons (Fsp3) is 0.389. The van der Waals surface area contributed by atoms with Crippen molar-refractivity contribution in [3.63, 3.8) is 0 Å². The van der Waals surface area contributed by atoms with Gasteiger partial charge in [-0.15, -0.1) is 0 Å². The number of hydrogen-bond acceptors (Lipinski definition) is 7. The summed E-state index contributed by atoms with van der Waals surface area (Å²) < 4.78 is 0. The predicted octanol–water partition coefficient (Wildman–Crippen LogP) is 2.74. The number of nitro benzene ring substituents is 1. The quantitative estimate of drug-likeness (QED) is 0.464. The molecule has 2 saturated heterocycles. The zero-order valence-corrected chi connectivity index (χ0v) is 16.0. The van der Waals surface area contributed by atoms with Crippen molar-refractivity contribution in [1.82, 2.24) is 9.80 Å². The van der Waals surface area contributed by atoms with Crippen molar-refractivity contribution in [3.05, 3.63) is 38.8 Å². The predicted molar refractivity (Wildman–Crippen MR) is 102 cm³/mol. The summed E-state index contributed by atoms with van der Waals surface area (Å²) in [5.41, 5.74) is -0.201. The largest absolute Gasteiger partial charge is 0.502 e. The minimum Gasteiger partial charge on any atom is -0.502 e. The Morgan fingerprint density at radius 3 is 2.82 bits per heavy atom. The minimum absolute atomic E-state index is 0.0736. The van der Waals surface area contributed by atoms with E-state index in [1.54, 1.807) is 4.90 Å². The van der Waals surface area contributed by atoms with Crippen LogP contribution < -0.4 is 0 Å². The van der Waals surface area contributed by atoms with E-state index < -0.39 is 27.5 Å². The Labute approximate surface area is 165 Å². The number of imide groups is 1. The van der Waals surface area contributed by atoms with Gasteiger partial charge in [-0.3, -0.25) is 29.4 Å². The van der Waals surface area contributed by atoms with Crippen molar-refractivity contribution in [3.8, 4) is 5.75 Å². The van der Waals surface area contributed by atoms with Crippen LogP contribution in [-0.2, 0) is 9.59 Å². The molecule has 0 radical (unpaired) electrons. The molecular weight excluding hydrogens is 386 g/mol. The normalized spacial score (nSPS) is 21.5. The van der Waals surface area contributed by atoms with E-state index in [0.29, 0.717) is 23.9 Å². The third kappa shape index (κ3) is 4.01. The second kappa shape index (κ2) is 8.01. The van der Waals surface area contributed by atoms with Gasteiger partial charge >= 0.3 is 5.69 Å². The highest BCUT2D eigenvalue weighted by Crippen LogP contribution is 2.34. The van der Waals surface area contributed by atoms with Crippen LogP contribution in [0.5, 0.6) is 5.75 Å². The Morgan fingerprint density at radius 1 is 1.39 bits per heavy atom. The first-order chi connectivity index (χ1) is 13.3. The van der Waals surface area contributed by atoms with Crippen molar-refractivity contribution in [1.29, 1.82) is 0 Å². The maximum atomic E-state index is 12.6. The molecule has 2 aliphatic rings.